The third-order valence-corrected chi connectivity index (χ3v) is 7.13. The SMILES string of the molecule is CC(F)(C1CCCCN1C(=O)Nc1ccnnc1)S(=O)(=O)c1ccc(OC(F)F)nc1. The Morgan fingerprint density at radius 2 is 2.03 bits per heavy atom. The molecule has 0 radical (unpaired) electrons. The average molecular weight is 459 g/mol. The number of alkyl halides is 3. The highest BCUT2D eigenvalue weighted by atomic mass is 32.2. The van der Waals surface area contributed by atoms with Crippen LogP contribution in [0.25, 0.3) is 0 Å². The van der Waals surface area contributed by atoms with Gasteiger partial charge in [0.05, 0.1) is 29.0 Å². The summed E-state index contributed by atoms with van der Waals surface area (Å²) in [5.41, 5.74) is 0.326. The molecule has 2 aromatic rings. The molecule has 9 nitrogen and oxygen atoms in total. The van der Waals surface area contributed by atoms with Gasteiger partial charge in [-0.25, -0.2) is 22.6 Å². The van der Waals surface area contributed by atoms with Crippen molar-refractivity contribution in [2.24, 2.45) is 0 Å². The summed E-state index contributed by atoms with van der Waals surface area (Å²) < 4.78 is 70.6. The van der Waals surface area contributed by atoms with Gasteiger partial charge in [0.15, 0.2) is 0 Å². The molecule has 31 heavy (non-hydrogen) atoms. The normalized spacial score (nSPS) is 19.0. The topological polar surface area (TPSA) is 114 Å². The minimum absolute atomic E-state index is 0.119. The van der Waals surface area contributed by atoms with Crippen molar-refractivity contribution < 1.29 is 31.1 Å². The van der Waals surface area contributed by atoms with E-state index in [2.05, 4.69) is 25.2 Å². The number of piperidine rings is 1. The third-order valence-electron chi connectivity index (χ3n) is 4.95. The minimum Gasteiger partial charge on any atom is -0.417 e. The predicted octanol–water partition coefficient (Wildman–Crippen LogP) is 3.02. The number of rotatable bonds is 6. The second kappa shape index (κ2) is 9.04. The number of nitrogens with zero attached hydrogens (tertiary/aromatic N) is 4. The van der Waals surface area contributed by atoms with Crippen molar-refractivity contribution in [1.29, 1.82) is 0 Å². The fourth-order valence-corrected chi connectivity index (χ4v) is 4.87. The summed E-state index contributed by atoms with van der Waals surface area (Å²) in [6, 6.07) is 1.39. The summed E-state index contributed by atoms with van der Waals surface area (Å²) in [5, 5.41) is 6.92. The van der Waals surface area contributed by atoms with E-state index >= 15 is 4.39 Å². The van der Waals surface area contributed by atoms with Crippen LogP contribution in [0.5, 0.6) is 5.88 Å². The molecule has 2 unspecified atom stereocenters. The molecule has 1 aliphatic rings. The molecule has 2 amide bonds. The molecule has 13 heteroatoms. The Morgan fingerprint density at radius 1 is 1.26 bits per heavy atom. The van der Waals surface area contributed by atoms with Crippen molar-refractivity contribution in [2.75, 3.05) is 11.9 Å². The van der Waals surface area contributed by atoms with Crippen LogP contribution in [0.4, 0.5) is 23.7 Å². The predicted molar refractivity (Wildman–Crippen MR) is 103 cm³/mol. The number of hydrogen-bond donors (Lipinski definition) is 1. The standard InChI is InChI=1S/C18H20F3N5O4S/c1-18(21,31(28,29)13-5-6-15(22-11-13)30-16(19)20)14-4-2-3-9-26(14)17(27)25-12-7-8-23-24-10-12/h5-8,10-11,14,16H,2-4,9H2,1H3,(H,23,25,27). The molecule has 0 spiro atoms. The lowest BCUT2D eigenvalue weighted by molar-refractivity contribution is -0.0529. The van der Waals surface area contributed by atoms with E-state index in [9.17, 15) is 22.0 Å². The number of ether oxygens (including phenoxy) is 1. The Kier molecular flexibility index (Phi) is 6.62. The van der Waals surface area contributed by atoms with Crippen molar-refractivity contribution in [1.82, 2.24) is 20.1 Å². The van der Waals surface area contributed by atoms with Gasteiger partial charge in [-0.3, -0.25) is 0 Å². The van der Waals surface area contributed by atoms with Gasteiger partial charge in [-0.1, -0.05) is 0 Å². The van der Waals surface area contributed by atoms with Crippen LogP contribution in [0.1, 0.15) is 26.2 Å². The maximum Gasteiger partial charge on any atom is 0.388 e. The average Bonchev–Trinajstić information content (AvgIpc) is 2.74. The highest BCUT2D eigenvalue weighted by Crippen LogP contribution is 2.37. The number of hydrogen-bond acceptors (Lipinski definition) is 7. The number of sulfone groups is 1. The number of amides is 2. The van der Waals surface area contributed by atoms with Gasteiger partial charge in [0.25, 0.3) is 0 Å². The van der Waals surface area contributed by atoms with Crippen molar-refractivity contribution >= 4 is 21.6 Å². The summed E-state index contributed by atoms with van der Waals surface area (Å²) in [6.45, 7) is -2.09. The minimum atomic E-state index is -4.64. The Labute approximate surface area is 176 Å². The molecule has 0 saturated carbocycles. The molecule has 1 aliphatic heterocycles. The molecule has 3 heterocycles. The van der Waals surface area contributed by atoms with E-state index in [1.807, 2.05) is 0 Å². The van der Waals surface area contributed by atoms with Crippen molar-refractivity contribution in [3.8, 4) is 5.88 Å². The highest BCUT2D eigenvalue weighted by Gasteiger charge is 2.52. The summed E-state index contributed by atoms with van der Waals surface area (Å²) in [6.07, 6.45) is 4.64. The van der Waals surface area contributed by atoms with Crippen molar-refractivity contribution in [3.63, 3.8) is 0 Å². The summed E-state index contributed by atoms with van der Waals surface area (Å²) in [4.78, 5) is 16.9. The lowest BCUT2D eigenvalue weighted by Crippen LogP contribution is -2.57. The number of urea groups is 1. The maximum atomic E-state index is 15.9. The zero-order chi connectivity index (χ0) is 22.6. The maximum absolute atomic E-state index is 15.9. The van der Waals surface area contributed by atoms with Gasteiger partial charge in [0.2, 0.25) is 20.7 Å². The lowest BCUT2D eigenvalue weighted by Gasteiger charge is -2.41. The Hall–Kier alpha value is -2.96. The van der Waals surface area contributed by atoms with Gasteiger partial charge >= 0.3 is 12.6 Å². The lowest BCUT2D eigenvalue weighted by atomic mass is 9.99. The largest absolute Gasteiger partial charge is 0.417 e. The monoisotopic (exact) mass is 459 g/mol. The molecule has 1 N–H and O–H groups in total. The van der Waals surface area contributed by atoms with Gasteiger partial charge in [0, 0.05) is 18.8 Å². The summed E-state index contributed by atoms with van der Waals surface area (Å²) in [5.74, 6) is -0.501. The second-order valence-corrected chi connectivity index (χ2v) is 9.24. The number of anilines is 1. The van der Waals surface area contributed by atoms with Crippen LogP contribution >= 0.6 is 0 Å². The first-order valence-electron chi connectivity index (χ1n) is 9.31. The van der Waals surface area contributed by atoms with Crippen molar-refractivity contribution in [3.05, 3.63) is 36.8 Å². The van der Waals surface area contributed by atoms with Gasteiger partial charge in [-0.15, -0.1) is 0 Å². The number of halogens is 3. The van der Waals surface area contributed by atoms with Gasteiger partial charge in [0.1, 0.15) is 0 Å². The van der Waals surface area contributed by atoms with Crippen LogP contribution < -0.4 is 10.1 Å². The molecular formula is C18H20F3N5O4S. The molecule has 0 bridgehead atoms. The fourth-order valence-electron chi connectivity index (χ4n) is 3.37. The molecular weight excluding hydrogens is 439 g/mol. The molecule has 2 atom stereocenters. The number of carbonyl (C=O) groups excluding carboxylic acids is 1. The molecule has 1 saturated heterocycles. The van der Waals surface area contributed by atoms with E-state index < -0.39 is 44.3 Å². The van der Waals surface area contributed by atoms with E-state index in [0.717, 1.165) is 30.2 Å². The van der Waals surface area contributed by atoms with Gasteiger partial charge < -0.3 is 15.0 Å². The first kappa shape index (κ1) is 22.7. The number of pyridine rings is 1. The van der Waals surface area contributed by atoms with E-state index in [0.29, 0.717) is 18.5 Å². The van der Waals surface area contributed by atoms with E-state index in [1.54, 1.807) is 0 Å². The van der Waals surface area contributed by atoms with Crippen molar-refractivity contribution in [2.45, 2.75) is 48.7 Å². The van der Waals surface area contributed by atoms with Crippen LogP contribution in [-0.4, -0.2) is 58.7 Å². The highest BCUT2D eigenvalue weighted by molar-refractivity contribution is 7.92. The van der Waals surface area contributed by atoms with E-state index in [-0.39, 0.29) is 13.0 Å². The van der Waals surface area contributed by atoms with Gasteiger partial charge in [-0.2, -0.15) is 19.0 Å². The first-order chi connectivity index (χ1) is 14.6. The number of likely N-dealkylation sites (tertiary alicyclic amines) is 1. The molecule has 2 aromatic heterocycles. The number of carbonyl (C=O) groups is 1. The zero-order valence-electron chi connectivity index (χ0n) is 16.4. The smallest absolute Gasteiger partial charge is 0.388 e. The Balaban J connectivity index is 1.85. The molecule has 0 aromatic carbocycles. The van der Waals surface area contributed by atoms with Crippen LogP contribution in [0.15, 0.2) is 41.7 Å². The molecule has 168 valence electrons. The fraction of sp³-hybridized carbons (Fsp3) is 0.444. The van der Waals surface area contributed by atoms with E-state index in [4.69, 9.17) is 0 Å². The molecule has 1 fully saturated rings. The summed E-state index contributed by atoms with van der Waals surface area (Å²) in [7, 11) is -4.64. The summed E-state index contributed by atoms with van der Waals surface area (Å²) >= 11 is 0. The van der Waals surface area contributed by atoms with Crippen LogP contribution in [-0.2, 0) is 9.84 Å². The number of aromatic nitrogens is 3. The van der Waals surface area contributed by atoms with Crippen LogP contribution in [0.3, 0.4) is 0 Å². The Bertz CT molecular complexity index is 1010. The number of nitrogens with one attached hydrogen (secondary N) is 1. The first-order valence-corrected chi connectivity index (χ1v) is 10.8. The second-order valence-electron chi connectivity index (χ2n) is 6.97. The van der Waals surface area contributed by atoms with Gasteiger partial charge in [-0.05, 0) is 38.3 Å². The van der Waals surface area contributed by atoms with Crippen LogP contribution in [0, 0.1) is 0 Å². The zero-order valence-corrected chi connectivity index (χ0v) is 17.2. The molecule has 3 rings (SSSR count). The Morgan fingerprint density at radius 3 is 2.65 bits per heavy atom. The molecule has 0 aliphatic carbocycles. The quantitative estimate of drug-likeness (QED) is 0.706. The third kappa shape index (κ3) is 4.86. The van der Waals surface area contributed by atoms with E-state index in [1.165, 1.54) is 18.5 Å². The van der Waals surface area contributed by atoms with Crippen LogP contribution in [0.2, 0.25) is 0 Å².